The molecule has 0 radical (unpaired) electrons. The van der Waals surface area contributed by atoms with Crippen LogP contribution in [0.25, 0.3) is 0 Å². The van der Waals surface area contributed by atoms with E-state index in [0.717, 1.165) is 64.1 Å². The van der Waals surface area contributed by atoms with Crippen LogP contribution in [0.4, 0.5) is 0 Å². The average Bonchev–Trinajstić information content (AvgIpc) is 3.20. The zero-order valence-corrected chi connectivity index (χ0v) is 15.4. The largest absolute Gasteiger partial charge is 0.469 e. The second-order valence-electron chi connectivity index (χ2n) is 6.39. The molecule has 0 spiro atoms. The number of aliphatic imine (C=N–C) groups is 1. The minimum Gasteiger partial charge on any atom is -0.469 e. The molecule has 1 aromatic carbocycles. The van der Waals surface area contributed by atoms with E-state index in [1.54, 1.807) is 13.3 Å². The molecule has 1 aliphatic rings. The molecule has 1 saturated heterocycles. The lowest BCUT2D eigenvalue weighted by Gasteiger charge is -2.26. The van der Waals surface area contributed by atoms with Gasteiger partial charge in [-0.1, -0.05) is 24.3 Å². The number of morpholine rings is 1. The zero-order chi connectivity index (χ0) is 18.0. The van der Waals surface area contributed by atoms with Crippen molar-refractivity contribution in [3.63, 3.8) is 0 Å². The van der Waals surface area contributed by atoms with Gasteiger partial charge < -0.3 is 19.8 Å². The van der Waals surface area contributed by atoms with Crippen LogP contribution in [0.2, 0.25) is 0 Å². The average molecular weight is 356 g/mol. The minimum absolute atomic E-state index is 0.748. The number of hydrogen-bond donors (Lipinski definition) is 2. The van der Waals surface area contributed by atoms with Crippen molar-refractivity contribution in [1.29, 1.82) is 0 Å². The molecule has 0 saturated carbocycles. The summed E-state index contributed by atoms with van der Waals surface area (Å²) in [6.45, 7) is 6.24. The van der Waals surface area contributed by atoms with Crippen LogP contribution in [0.5, 0.6) is 0 Å². The number of furan rings is 1. The van der Waals surface area contributed by atoms with E-state index in [-0.39, 0.29) is 0 Å². The van der Waals surface area contributed by atoms with Crippen molar-refractivity contribution < 1.29 is 9.15 Å². The fourth-order valence-electron chi connectivity index (χ4n) is 2.95. The number of benzene rings is 1. The summed E-state index contributed by atoms with van der Waals surface area (Å²) in [5.41, 5.74) is 2.58. The number of nitrogens with one attached hydrogen (secondary N) is 2. The highest BCUT2D eigenvalue weighted by atomic mass is 16.5. The van der Waals surface area contributed by atoms with Gasteiger partial charge in [-0.25, -0.2) is 0 Å². The van der Waals surface area contributed by atoms with Crippen LogP contribution in [-0.4, -0.2) is 50.8 Å². The minimum atomic E-state index is 0.748. The molecule has 2 aromatic rings. The van der Waals surface area contributed by atoms with Gasteiger partial charge >= 0.3 is 0 Å². The summed E-state index contributed by atoms with van der Waals surface area (Å²) in [5, 5.41) is 6.65. The number of rotatable bonds is 7. The molecule has 1 aromatic heterocycles. The van der Waals surface area contributed by atoms with E-state index in [2.05, 4.69) is 44.8 Å². The molecule has 2 N–H and O–H groups in total. The zero-order valence-electron chi connectivity index (χ0n) is 15.4. The quantitative estimate of drug-likeness (QED) is 0.587. The first kappa shape index (κ1) is 18.5. The first-order chi connectivity index (χ1) is 12.8. The van der Waals surface area contributed by atoms with Crippen LogP contribution in [0.3, 0.4) is 0 Å². The van der Waals surface area contributed by atoms with Crippen LogP contribution in [0.1, 0.15) is 16.9 Å². The molecule has 0 amide bonds. The maximum absolute atomic E-state index is 5.40. The summed E-state index contributed by atoms with van der Waals surface area (Å²) >= 11 is 0. The van der Waals surface area contributed by atoms with Gasteiger partial charge in [0.15, 0.2) is 5.96 Å². The van der Waals surface area contributed by atoms with E-state index >= 15 is 0 Å². The summed E-state index contributed by atoms with van der Waals surface area (Å²) in [6, 6.07) is 12.7. The predicted molar refractivity (Wildman–Crippen MR) is 103 cm³/mol. The Balaban J connectivity index is 1.39. The molecule has 6 nitrogen and oxygen atoms in total. The molecule has 3 rings (SSSR count). The monoisotopic (exact) mass is 356 g/mol. The highest BCUT2D eigenvalue weighted by molar-refractivity contribution is 5.79. The molecule has 0 bridgehead atoms. The Bertz CT molecular complexity index is 662. The molecule has 0 atom stereocenters. The van der Waals surface area contributed by atoms with Crippen molar-refractivity contribution in [3.05, 3.63) is 59.5 Å². The lowest BCUT2D eigenvalue weighted by molar-refractivity contribution is 0.0342. The van der Waals surface area contributed by atoms with Gasteiger partial charge in [-0.3, -0.25) is 9.89 Å². The van der Waals surface area contributed by atoms with Crippen molar-refractivity contribution in [2.45, 2.75) is 19.5 Å². The van der Waals surface area contributed by atoms with Crippen molar-refractivity contribution in [2.24, 2.45) is 4.99 Å². The summed E-state index contributed by atoms with van der Waals surface area (Å²) in [5.74, 6) is 1.78. The predicted octanol–water partition coefficient (Wildman–Crippen LogP) is 2.02. The molecule has 0 aliphatic carbocycles. The molecule has 1 aliphatic heterocycles. The highest BCUT2D eigenvalue weighted by Crippen LogP contribution is 2.09. The first-order valence-corrected chi connectivity index (χ1v) is 9.18. The van der Waals surface area contributed by atoms with Crippen molar-refractivity contribution in [1.82, 2.24) is 15.5 Å². The van der Waals surface area contributed by atoms with Crippen LogP contribution in [-0.2, 0) is 24.2 Å². The van der Waals surface area contributed by atoms with E-state index in [1.807, 2.05) is 12.1 Å². The Hall–Kier alpha value is -2.31. The fraction of sp³-hybridized carbons (Fsp3) is 0.450. The van der Waals surface area contributed by atoms with Gasteiger partial charge in [-0.15, -0.1) is 0 Å². The Morgan fingerprint density at radius 3 is 2.54 bits per heavy atom. The SMILES string of the molecule is CN=C(NCCc1ccco1)NCc1ccc(CN2CCOCC2)cc1. The third-order valence-corrected chi connectivity index (χ3v) is 4.46. The van der Waals surface area contributed by atoms with Gasteiger partial charge in [0.1, 0.15) is 5.76 Å². The Morgan fingerprint density at radius 1 is 1.08 bits per heavy atom. The standard InChI is InChI=1S/C20H28N4O2/c1-21-20(22-9-8-19-3-2-12-26-19)23-15-17-4-6-18(7-5-17)16-24-10-13-25-14-11-24/h2-7,12H,8-11,13-16H2,1H3,(H2,21,22,23). The smallest absolute Gasteiger partial charge is 0.191 e. The van der Waals surface area contributed by atoms with E-state index in [1.165, 1.54) is 11.1 Å². The maximum atomic E-state index is 5.40. The number of ether oxygens (including phenoxy) is 1. The number of guanidine groups is 1. The van der Waals surface area contributed by atoms with E-state index in [9.17, 15) is 0 Å². The molecular weight excluding hydrogens is 328 g/mol. The van der Waals surface area contributed by atoms with Gasteiger partial charge in [0.05, 0.1) is 19.5 Å². The molecule has 0 unspecified atom stereocenters. The van der Waals surface area contributed by atoms with Crippen LogP contribution >= 0.6 is 0 Å². The summed E-state index contributed by atoms with van der Waals surface area (Å²) in [4.78, 5) is 6.69. The summed E-state index contributed by atoms with van der Waals surface area (Å²) < 4.78 is 10.7. The summed E-state index contributed by atoms with van der Waals surface area (Å²) in [6.07, 6.45) is 2.54. The van der Waals surface area contributed by atoms with E-state index in [4.69, 9.17) is 9.15 Å². The highest BCUT2D eigenvalue weighted by Gasteiger charge is 2.10. The van der Waals surface area contributed by atoms with Gasteiger partial charge in [-0.05, 0) is 23.3 Å². The second-order valence-corrected chi connectivity index (χ2v) is 6.39. The maximum Gasteiger partial charge on any atom is 0.191 e. The molecule has 2 heterocycles. The van der Waals surface area contributed by atoms with Crippen molar-refractivity contribution in [3.8, 4) is 0 Å². The normalized spacial score (nSPS) is 15.8. The topological polar surface area (TPSA) is 62.0 Å². The van der Waals surface area contributed by atoms with Crippen LogP contribution in [0, 0.1) is 0 Å². The molecule has 26 heavy (non-hydrogen) atoms. The lowest BCUT2D eigenvalue weighted by Crippen LogP contribution is -2.37. The third-order valence-electron chi connectivity index (χ3n) is 4.46. The van der Waals surface area contributed by atoms with E-state index in [0.29, 0.717) is 0 Å². The van der Waals surface area contributed by atoms with Crippen molar-refractivity contribution >= 4 is 5.96 Å². The van der Waals surface area contributed by atoms with Gasteiger partial charge in [-0.2, -0.15) is 0 Å². The van der Waals surface area contributed by atoms with Crippen molar-refractivity contribution in [2.75, 3.05) is 39.9 Å². The lowest BCUT2D eigenvalue weighted by atomic mass is 10.1. The Morgan fingerprint density at radius 2 is 1.85 bits per heavy atom. The fourth-order valence-corrected chi connectivity index (χ4v) is 2.95. The molecular formula is C20H28N4O2. The van der Waals surface area contributed by atoms with Crippen LogP contribution < -0.4 is 10.6 Å². The first-order valence-electron chi connectivity index (χ1n) is 9.18. The Kier molecular flexibility index (Phi) is 7.10. The molecule has 140 valence electrons. The number of nitrogens with zero attached hydrogens (tertiary/aromatic N) is 2. The van der Waals surface area contributed by atoms with Gasteiger partial charge in [0.25, 0.3) is 0 Å². The number of hydrogen-bond acceptors (Lipinski definition) is 4. The Labute approximate surface area is 155 Å². The summed E-state index contributed by atoms with van der Waals surface area (Å²) in [7, 11) is 1.79. The van der Waals surface area contributed by atoms with Crippen LogP contribution in [0.15, 0.2) is 52.1 Å². The van der Waals surface area contributed by atoms with Gasteiger partial charge in [0, 0.05) is 46.2 Å². The molecule has 1 fully saturated rings. The third kappa shape index (κ3) is 5.89. The molecule has 6 heteroatoms. The van der Waals surface area contributed by atoms with E-state index < -0.39 is 0 Å². The second kappa shape index (κ2) is 9.99. The van der Waals surface area contributed by atoms with Gasteiger partial charge in [0.2, 0.25) is 0 Å².